The van der Waals surface area contributed by atoms with E-state index in [-0.39, 0.29) is 11.9 Å². The molecule has 0 aliphatic carbocycles. The van der Waals surface area contributed by atoms with E-state index in [0.717, 1.165) is 11.1 Å². The van der Waals surface area contributed by atoms with Crippen molar-refractivity contribution in [2.24, 2.45) is 5.73 Å². The van der Waals surface area contributed by atoms with E-state index in [2.05, 4.69) is 0 Å². The Kier molecular flexibility index (Phi) is 4.33. The third kappa shape index (κ3) is 3.09. The molecule has 1 aliphatic heterocycles. The summed E-state index contributed by atoms with van der Waals surface area (Å²) >= 11 is 0. The average Bonchev–Trinajstić information content (AvgIpc) is 2.40. The van der Waals surface area contributed by atoms with Gasteiger partial charge in [0.15, 0.2) is 0 Å². The third-order valence-electron chi connectivity index (χ3n) is 3.35. The zero-order valence-corrected chi connectivity index (χ0v) is 10.8. The fraction of sp³-hybridized carbons (Fsp3) is 0.500. The molecule has 2 rings (SSSR count). The molecule has 1 aromatic rings. The molecule has 1 unspecified atom stereocenters. The maximum atomic E-state index is 12.1. The standard InChI is InChI=1S/C14H20N2O2/c1-11-4-2-3-5-12(11)13(15)10-14(17)16-6-8-18-9-7-16/h2-5,13H,6-10,15H2,1H3. The lowest BCUT2D eigenvalue weighted by atomic mass is 9.99. The minimum Gasteiger partial charge on any atom is -0.378 e. The fourth-order valence-electron chi connectivity index (χ4n) is 2.24. The van der Waals surface area contributed by atoms with Crippen LogP contribution in [0.3, 0.4) is 0 Å². The number of aryl methyl sites for hydroxylation is 1. The van der Waals surface area contributed by atoms with Crippen LogP contribution in [0.1, 0.15) is 23.6 Å². The predicted octanol–water partition coefficient (Wildman–Crippen LogP) is 1.24. The highest BCUT2D eigenvalue weighted by Gasteiger charge is 2.20. The Bertz CT molecular complexity index is 414. The molecule has 0 aromatic heterocycles. The lowest BCUT2D eigenvalue weighted by Crippen LogP contribution is -2.41. The van der Waals surface area contributed by atoms with Crippen LogP contribution in [0.15, 0.2) is 24.3 Å². The SMILES string of the molecule is Cc1ccccc1C(N)CC(=O)N1CCOCC1. The Morgan fingerprint density at radius 3 is 2.72 bits per heavy atom. The summed E-state index contributed by atoms with van der Waals surface area (Å²) in [6.45, 7) is 4.64. The molecule has 2 N–H and O–H groups in total. The highest BCUT2D eigenvalue weighted by atomic mass is 16.5. The molecule has 4 nitrogen and oxygen atoms in total. The molecule has 1 saturated heterocycles. The van der Waals surface area contributed by atoms with Gasteiger partial charge in [0.25, 0.3) is 0 Å². The second-order valence-corrected chi connectivity index (χ2v) is 4.66. The number of nitrogens with zero attached hydrogens (tertiary/aromatic N) is 1. The van der Waals surface area contributed by atoms with Gasteiger partial charge < -0.3 is 15.4 Å². The van der Waals surface area contributed by atoms with Crippen LogP contribution < -0.4 is 5.73 Å². The van der Waals surface area contributed by atoms with Crippen molar-refractivity contribution in [1.29, 1.82) is 0 Å². The molecule has 18 heavy (non-hydrogen) atoms. The lowest BCUT2D eigenvalue weighted by molar-refractivity contribution is -0.135. The highest BCUT2D eigenvalue weighted by Crippen LogP contribution is 2.19. The van der Waals surface area contributed by atoms with Crippen molar-refractivity contribution in [3.05, 3.63) is 35.4 Å². The maximum absolute atomic E-state index is 12.1. The summed E-state index contributed by atoms with van der Waals surface area (Å²) in [6, 6.07) is 7.74. The predicted molar refractivity (Wildman–Crippen MR) is 70.1 cm³/mol. The first kappa shape index (κ1) is 13.1. The zero-order chi connectivity index (χ0) is 13.0. The Morgan fingerprint density at radius 2 is 2.06 bits per heavy atom. The van der Waals surface area contributed by atoms with Crippen molar-refractivity contribution in [3.63, 3.8) is 0 Å². The van der Waals surface area contributed by atoms with E-state index in [1.165, 1.54) is 0 Å². The molecule has 1 amide bonds. The first-order chi connectivity index (χ1) is 8.68. The number of nitrogens with two attached hydrogens (primary N) is 1. The van der Waals surface area contributed by atoms with E-state index in [0.29, 0.717) is 32.7 Å². The van der Waals surface area contributed by atoms with E-state index in [1.807, 2.05) is 36.1 Å². The zero-order valence-electron chi connectivity index (χ0n) is 10.8. The average molecular weight is 248 g/mol. The highest BCUT2D eigenvalue weighted by molar-refractivity contribution is 5.77. The van der Waals surface area contributed by atoms with Gasteiger partial charge in [-0.05, 0) is 18.1 Å². The quantitative estimate of drug-likeness (QED) is 0.875. The number of carbonyl (C=O) groups excluding carboxylic acids is 1. The van der Waals surface area contributed by atoms with Gasteiger partial charge in [0, 0.05) is 25.6 Å². The number of carbonyl (C=O) groups is 1. The van der Waals surface area contributed by atoms with Crippen LogP contribution in [0.25, 0.3) is 0 Å². The van der Waals surface area contributed by atoms with Crippen molar-refractivity contribution < 1.29 is 9.53 Å². The van der Waals surface area contributed by atoms with Crippen LogP contribution in [0.4, 0.5) is 0 Å². The number of hydrogen-bond donors (Lipinski definition) is 1. The van der Waals surface area contributed by atoms with Gasteiger partial charge in [0.1, 0.15) is 0 Å². The molecule has 4 heteroatoms. The van der Waals surface area contributed by atoms with Crippen molar-refractivity contribution >= 4 is 5.91 Å². The normalized spacial score (nSPS) is 17.6. The number of benzene rings is 1. The van der Waals surface area contributed by atoms with Crippen molar-refractivity contribution in [1.82, 2.24) is 4.90 Å². The van der Waals surface area contributed by atoms with Crippen molar-refractivity contribution in [2.45, 2.75) is 19.4 Å². The summed E-state index contributed by atoms with van der Waals surface area (Å²) in [7, 11) is 0. The Morgan fingerprint density at radius 1 is 1.39 bits per heavy atom. The largest absolute Gasteiger partial charge is 0.378 e. The topological polar surface area (TPSA) is 55.6 Å². The Hall–Kier alpha value is -1.39. The summed E-state index contributed by atoms with van der Waals surface area (Å²) < 4.78 is 5.23. The third-order valence-corrected chi connectivity index (χ3v) is 3.35. The van der Waals surface area contributed by atoms with Crippen molar-refractivity contribution in [3.8, 4) is 0 Å². The van der Waals surface area contributed by atoms with Crippen LogP contribution in [0.2, 0.25) is 0 Å². The molecule has 1 heterocycles. The summed E-state index contributed by atoms with van der Waals surface area (Å²) in [5, 5.41) is 0. The summed E-state index contributed by atoms with van der Waals surface area (Å²) in [6.07, 6.45) is 0.366. The molecule has 1 aliphatic rings. The van der Waals surface area contributed by atoms with E-state index < -0.39 is 0 Å². The molecule has 1 fully saturated rings. The van der Waals surface area contributed by atoms with E-state index in [9.17, 15) is 4.79 Å². The van der Waals surface area contributed by atoms with Crippen LogP contribution >= 0.6 is 0 Å². The van der Waals surface area contributed by atoms with E-state index in [4.69, 9.17) is 10.5 Å². The molecular formula is C14H20N2O2. The van der Waals surface area contributed by atoms with Crippen LogP contribution in [-0.4, -0.2) is 37.1 Å². The molecular weight excluding hydrogens is 228 g/mol. The minimum atomic E-state index is -0.221. The van der Waals surface area contributed by atoms with Crippen molar-refractivity contribution in [2.75, 3.05) is 26.3 Å². The maximum Gasteiger partial charge on any atom is 0.224 e. The fourth-order valence-corrected chi connectivity index (χ4v) is 2.24. The van der Waals surface area contributed by atoms with Gasteiger partial charge in [-0.3, -0.25) is 4.79 Å². The van der Waals surface area contributed by atoms with Crippen LogP contribution in [0, 0.1) is 6.92 Å². The molecule has 1 aromatic carbocycles. The van der Waals surface area contributed by atoms with Gasteiger partial charge >= 0.3 is 0 Å². The number of ether oxygens (including phenoxy) is 1. The summed E-state index contributed by atoms with van der Waals surface area (Å²) in [4.78, 5) is 13.9. The summed E-state index contributed by atoms with van der Waals surface area (Å²) in [5.41, 5.74) is 8.32. The first-order valence-corrected chi connectivity index (χ1v) is 6.35. The first-order valence-electron chi connectivity index (χ1n) is 6.35. The molecule has 0 radical (unpaired) electrons. The van der Waals surface area contributed by atoms with E-state index >= 15 is 0 Å². The van der Waals surface area contributed by atoms with Gasteiger partial charge in [-0.25, -0.2) is 0 Å². The second-order valence-electron chi connectivity index (χ2n) is 4.66. The molecule has 98 valence electrons. The molecule has 0 spiro atoms. The van der Waals surface area contributed by atoms with Gasteiger partial charge in [-0.2, -0.15) is 0 Å². The van der Waals surface area contributed by atoms with E-state index in [1.54, 1.807) is 0 Å². The summed E-state index contributed by atoms with van der Waals surface area (Å²) in [5.74, 6) is 0.119. The van der Waals surface area contributed by atoms with Gasteiger partial charge in [-0.1, -0.05) is 24.3 Å². The lowest BCUT2D eigenvalue weighted by Gasteiger charge is -2.28. The Labute approximate surface area is 108 Å². The van der Waals surface area contributed by atoms with Gasteiger partial charge in [-0.15, -0.1) is 0 Å². The number of morpholine rings is 1. The van der Waals surface area contributed by atoms with Gasteiger partial charge in [0.2, 0.25) is 5.91 Å². The monoisotopic (exact) mass is 248 g/mol. The van der Waals surface area contributed by atoms with Crippen LogP contribution in [-0.2, 0) is 9.53 Å². The minimum absolute atomic E-state index is 0.119. The number of hydrogen-bond acceptors (Lipinski definition) is 3. The smallest absolute Gasteiger partial charge is 0.224 e. The number of rotatable bonds is 3. The molecule has 0 saturated carbocycles. The molecule has 1 atom stereocenters. The Balaban J connectivity index is 1.96. The number of amides is 1. The molecule has 0 bridgehead atoms. The van der Waals surface area contributed by atoms with Crippen LogP contribution in [0.5, 0.6) is 0 Å². The second kappa shape index (κ2) is 5.98. The van der Waals surface area contributed by atoms with Gasteiger partial charge in [0.05, 0.1) is 13.2 Å².